The zero-order valence-electron chi connectivity index (χ0n) is 17.3. The fraction of sp³-hybridized carbons (Fsp3) is 0.391. The van der Waals surface area contributed by atoms with Gasteiger partial charge < -0.3 is 14.0 Å². The Morgan fingerprint density at radius 3 is 2.62 bits per heavy atom. The number of carbonyl (C=O) groups is 1. The molecule has 0 N–H and O–H groups in total. The van der Waals surface area contributed by atoms with Gasteiger partial charge in [-0.1, -0.05) is 36.4 Å². The topological polar surface area (TPSA) is 50.1 Å². The monoisotopic (exact) mass is 392 g/mol. The van der Waals surface area contributed by atoms with Gasteiger partial charge in [0, 0.05) is 32.4 Å². The maximum absolute atomic E-state index is 12.7. The molecule has 29 heavy (non-hydrogen) atoms. The lowest BCUT2D eigenvalue weighted by molar-refractivity contribution is 0.00182. The molecule has 0 spiro atoms. The molecule has 3 heterocycles. The van der Waals surface area contributed by atoms with Crippen LogP contribution in [0, 0.1) is 0 Å². The van der Waals surface area contributed by atoms with Crippen LogP contribution in [-0.4, -0.2) is 50.5 Å². The fourth-order valence-electron chi connectivity index (χ4n) is 3.80. The number of hydrogen-bond acceptors (Lipinski definition) is 4. The quantitative estimate of drug-likeness (QED) is 0.673. The van der Waals surface area contributed by atoms with Crippen molar-refractivity contribution < 1.29 is 9.53 Å². The van der Waals surface area contributed by atoms with Crippen LogP contribution in [0.1, 0.15) is 38.1 Å². The van der Waals surface area contributed by atoms with Gasteiger partial charge >= 0.3 is 6.09 Å². The van der Waals surface area contributed by atoms with Crippen LogP contribution in [0.4, 0.5) is 4.79 Å². The summed E-state index contributed by atoms with van der Waals surface area (Å²) in [5.74, 6) is 0. The van der Waals surface area contributed by atoms with Crippen molar-refractivity contribution in [3.8, 4) is 0 Å². The molecule has 0 aliphatic carbocycles. The van der Waals surface area contributed by atoms with Crippen LogP contribution >= 0.6 is 0 Å². The molecule has 1 fully saturated rings. The van der Waals surface area contributed by atoms with E-state index in [-0.39, 0.29) is 12.1 Å². The first-order valence-corrected chi connectivity index (χ1v) is 10.1. The molecule has 6 nitrogen and oxygen atoms in total. The van der Waals surface area contributed by atoms with Crippen molar-refractivity contribution in [2.24, 2.45) is 0 Å². The van der Waals surface area contributed by atoms with Gasteiger partial charge in [-0.25, -0.2) is 9.78 Å². The Morgan fingerprint density at radius 2 is 1.86 bits per heavy atom. The number of ether oxygens (including phenoxy) is 1. The molecule has 1 unspecified atom stereocenters. The number of amides is 1. The summed E-state index contributed by atoms with van der Waals surface area (Å²) in [7, 11) is 0. The third-order valence-electron chi connectivity index (χ3n) is 5.19. The molecule has 1 atom stereocenters. The minimum Gasteiger partial charge on any atom is -0.444 e. The van der Waals surface area contributed by atoms with E-state index in [1.165, 1.54) is 5.56 Å². The lowest BCUT2D eigenvalue weighted by atomic mass is 10.0. The minimum atomic E-state index is -0.493. The molecule has 1 saturated heterocycles. The highest BCUT2D eigenvalue weighted by atomic mass is 16.6. The molecule has 4 rings (SSSR count). The number of piperazine rings is 1. The zero-order valence-corrected chi connectivity index (χ0v) is 17.3. The van der Waals surface area contributed by atoms with Gasteiger partial charge in [0.05, 0.1) is 17.9 Å². The van der Waals surface area contributed by atoms with Crippen LogP contribution in [0.3, 0.4) is 0 Å². The van der Waals surface area contributed by atoms with Crippen LogP contribution in [0.25, 0.3) is 5.65 Å². The van der Waals surface area contributed by atoms with E-state index < -0.39 is 5.60 Å². The highest BCUT2D eigenvalue weighted by molar-refractivity contribution is 5.68. The second-order valence-corrected chi connectivity index (χ2v) is 8.50. The van der Waals surface area contributed by atoms with E-state index in [0.29, 0.717) is 13.1 Å². The van der Waals surface area contributed by atoms with Gasteiger partial charge in [-0.05, 0) is 38.5 Å². The number of imidazole rings is 1. The van der Waals surface area contributed by atoms with Crippen molar-refractivity contribution in [3.63, 3.8) is 0 Å². The summed E-state index contributed by atoms with van der Waals surface area (Å²) in [4.78, 5) is 21.4. The van der Waals surface area contributed by atoms with Crippen molar-refractivity contribution in [2.45, 2.75) is 39.0 Å². The zero-order chi connectivity index (χ0) is 20.4. The van der Waals surface area contributed by atoms with Gasteiger partial charge in [0.25, 0.3) is 0 Å². The van der Waals surface area contributed by atoms with E-state index in [1.807, 2.05) is 74.5 Å². The molecule has 1 aliphatic heterocycles. The van der Waals surface area contributed by atoms with Crippen molar-refractivity contribution in [1.82, 2.24) is 19.2 Å². The number of pyridine rings is 1. The second kappa shape index (κ2) is 7.87. The van der Waals surface area contributed by atoms with Gasteiger partial charge in [0.2, 0.25) is 0 Å². The molecule has 1 aliphatic rings. The summed E-state index contributed by atoms with van der Waals surface area (Å²) in [6.45, 7) is 8.51. The Kier molecular flexibility index (Phi) is 5.28. The Hall–Kier alpha value is -2.86. The highest BCUT2D eigenvalue weighted by Gasteiger charge is 2.33. The molecule has 3 aromatic rings. The first kappa shape index (κ1) is 19.5. The SMILES string of the molecule is CC(C)(C)OC(=O)N1CCN(Cc2cnc3ccccn23)C(c2ccccc2)C1. The summed E-state index contributed by atoms with van der Waals surface area (Å²) < 4.78 is 7.74. The molecular formula is C23H28N4O2. The van der Waals surface area contributed by atoms with Crippen molar-refractivity contribution in [3.05, 3.63) is 72.2 Å². The predicted octanol–water partition coefficient (Wildman–Crippen LogP) is 4.13. The number of fused-ring (bicyclic) bond motifs is 1. The van der Waals surface area contributed by atoms with Crippen LogP contribution in [0.5, 0.6) is 0 Å². The standard InChI is InChI=1S/C23H28N4O2/c1-23(2,3)29-22(28)26-14-13-25(20(17-26)18-9-5-4-6-10-18)16-19-15-24-21-11-7-8-12-27(19)21/h4-12,15,20H,13-14,16-17H2,1-3H3. The third kappa shape index (κ3) is 4.43. The molecule has 152 valence electrons. The minimum absolute atomic E-state index is 0.103. The van der Waals surface area contributed by atoms with Crippen LogP contribution < -0.4 is 0 Å². The summed E-state index contributed by atoms with van der Waals surface area (Å²) >= 11 is 0. The van der Waals surface area contributed by atoms with E-state index >= 15 is 0 Å². The molecule has 2 aromatic heterocycles. The average molecular weight is 393 g/mol. The maximum atomic E-state index is 12.7. The molecule has 6 heteroatoms. The van der Waals surface area contributed by atoms with Gasteiger partial charge in [-0.15, -0.1) is 0 Å². The van der Waals surface area contributed by atoms with E-state index in [2.05, 4.69) is 26.4 Å². The Balaban J connectivity index is 1.57. The maximum Gasteiger partial charge on any atom is 0.410 e. The third-order valence-corrected chi connectivity index (χ3v) is 5.19. The molecule has 1 aromatic carbocycles. The second-order valence-electron chi connectivity index (χ2n) is 8.50. The highest BCUT2D eigenvalue weighted by Crippen LogP contribution is 2.28. The largest absolute Gasteiger partial charge is 0.444 e. The van der Waals surface area contributed by atoms with Crippen LogP contribution in [0.15, 0.2) is 60.9 Å². The van der Waals surface area contributed by atoms with Gasteiger partial charge in [-0.3, -0.25) is 4.90 Å². The molecule has 0 radical (unpaired) electrons. The average Bonchev–Trinajstić information content (AvgIpc) is 3.11. The van der Waals surface area contributed by atoms with Gasteiger partial charge in [0.1, 0.15) is 11.2 Å². The molecule has 0 bridgehead atoms. The lowest BCUT2D eigenvalue weighted by Crippen LogP contribution is -2.51. The van der Waals surface area contributed by atoms with Crippen LogP contribution in [0.2, 0.25) is 0 Å². The van der Waals surface area contributed by atoms with E-state index in [4.69, 9.17) is 4.74 Å². The summed E-state index contributed by atoms with van der Waals surface area (Å²) in [5, 5.41) is 0. The van der Waals surface area contributed by atoms with E-state index in [9.17, 15) is 4.79 Å². The Labute approximate surface area is 171 Å². The first-order valence-electron chi connectivity index (χ1n) is 10.1. The predicted molar refractivity (Wildman–Crippen MR) is 113 cm³/mol. The van der Waals surface area contributed by atoms with Gasteiger partial charge in [-0.2, -0.15) is 0 Å². The normalized spacial score (nSPS) is 18.2. The molecular weight excluding hydrogens is 364 g/mol. The van der Waals surface area contributed by atoms with Crippen molar-refractivity contribution in [2.75, 3.05) is 19.6 Å². The number of hydrogen-bond donors (Lipinski definition) is 0. The van der Waals surface area contributed by atoms with Crippen molar-refractivity contribution in [1.29, 1.82) is 0 Å². The number of carbonyl (C=O) groups excluding carboxylic acids is 1. The van der Waals surface area contributed by atoms with E-state index in [0.717, 1.165) is 24.4 Å². The Bertz CT molecular complexity index is 977. The summed E-state index contributed by atoms with van der Waals surface area (Å²) in [6, 6.07) is 16.5. The van der Waals surface area contributed by atoms with E-state index in [1.54, 1.807) is 0 Å². The Morgan fingerprint density at radius 1 is 1.10 bits per heavy atom. The number of aromatic nitrogens is 2. The molecule has 1 amide bonds. The first-order chi connectivity index (χ1) is 13.9. The van der Waals surface area contributed by atoms with Gasteiger partial charge in [0.15, 0.2) is 0 Å². The van der Waals surface area contributed by atoms with Crippen molar-refractivity contribution >= 4 is 11.7 Å². The smallest absolute Gasteiger partial charge is 0.410 e. The number of benzene rings is 1. The van der Waals surface area contributed by atoms with Crippen LogP contribution in [-0.2, 0) is 11.3 Å². The summed E-state index contributed by atoms with van der Waals surface area (Å²) in [5.41, 5.74) is 2.81. The number of nitrogens with zero attached hydrogens (tertiary/aromatic N) is 4. The fourth-order valence-corrected chi connectivity index (χ4v) is 3.80. The number of rotatable bonds is 3. The lowest BCUT2D eigenvalue weighted by Gasteiger charge is -2.41. The summed E-state index contributed by atoms with van der Waals surface area (Å²) in [6.07, 6.45) is 3.75. The molecule has 0 saturated carbocycles.